The van der Waals surface area contributed by atoms with Gasteiger partial charge in [-0.05, 0) is 42.5 Å². The number of benzene rings is 2. The van der Waals surface area contributed by atoms with Gasteiger partial charge in [0.15, 0.2) is 0 Å². The molecule has 0 saturated heterocycles. The Labute approximate surface area is 152 Å². The molecule has 0 bridgehead atoms. The summed E-state index contributed by atoms with van der Waals surface area (Å²) in [5.74, 6) is 0.129. The molecule has 3 aromatic rings. The Balaban J connectivity index is 1.77. The lowest BCUT2D eigenvalue weighted by Crippen LogP contribution is -2.25. The van der Waals surface area contributed by atoms with Crippen molar-refractivity contribution in [2.75, 3.05) is 5.32 Å². The average Bonchev–Trinajstić information content (AvgIpc) is 3.11. The molecule has 1 N–H and O–H groups in total. The highest BCUT2D eigenvalue weighted by atomic mass is 79.9. The maximum absolute atomic E-state index is 12.4. The highest BCUT2D eigenvalue weighted by Crippen LogP contribution is 2.24. The van der Waals surface area contributed by atoms with Crippen molar-refractivity contribution >= 4 is 27.5 Å². The first-order chi connectivity index (χ1) is 12.1. The van der Waals surface area contributed by atoms with E-state index in [4.69, 9.17) is 5.26 Å². The van der Waals surface area contributed by atoms with Crippen molar-refractivity contribution in [2.24, 2.45) is 0 Å². The number of hydrogen-bond acceptors (Lipinski definition) is 5. The minimum atomic E-state index is -0.658. The zero-order chi connectivity index (χ0) is 17.8. The molecule has 8 heteroatoms. The van der Waals surface area contributed by atoms with Crippen molar-refractivity contribution in [2.45, 2.75) is 13.0 Å². The third kappa shape index (κ3) is 3.72. The summed E-state index contributed by atoms with van der Waals surface area (Å²) in [6.07, 6.45) is 0. The van der Waals surface area contributed by atoms with Crippen molar-refractivity contribution in [3.05, 3.63) is 58.6 Å². The number of tetrazole rings is 1. The van der Waals surface area contributed by atoms with Gasteiger partial charge >= 0.3 is 0 Å². The molecule has 2 aromatic carbocycles. The maximum atomic E-state index is 12.4. The number of nitrogens with zero attached hydrogens (tertiary/aromatic N) is 5. The fourth-order valence-corrected chi connectivity index (χ4v) is 2.62. The number of nitriles is 1. The van der Waals surface area contributed by atoms with E-state index >= 15 is 0 Å². The molecule has 0 fully saturated rings. The van der Waals surface area contributed by atoms with E-state index in [1.807, 2.05) is 30.3 Å². The van der Waals surface area contributed by atoms with E-state index in [0.29, 0.717) is 17.1 Å². The van der Waals surface area contributed by atoms with Gasteiger partial charge in [-0.2, -0.15) is 10.1 Å². The first-order valence-electron chi connectivity index (χ1n) is 7.44. The van der Waals surface area contributed by atoms with Gasteiger partial charge in [-0.1, -0.05) is 34.1 Å². The summed E-state index contributed by atoms with van der Waals surface area (Å²) in [4.78, 5) is 13.7. The summed E-state index contributed by atoms with van der Waals surface area (Å²) >= 11 is 3.44. The molecule has 0 spiro atoms. The van der Waals surface area contributed by atoms with Crippen LogP contribution >= 0.6 is 15.9 Å². The Morgan fingerprint density at radius 3 is 2.84 bits per heavy atom. The van der Waals surface area contributed by atoms with Crippen LogP contribution in [0.15, 0.2) is 53.0 Å². The third-order valence-electron chi connectivity index (χ3n) is 3.53. The van der Waals surface area contributed by atoms with Crippen LogP contribution in [0, 0.1) is 11.3 Å². The highest BCUT2D eigenvalue weighted by molar-refractivity contribution is 9.10. The van der Waals surface area contributed by atoms with Gasteiger partial charge in [0.05, 0.1) is 11.6 Å². The quantitative estimate of drug-likeness (QED) is 0.730. The molecule has 0 saturated carbocycles. The van der Waals surface area contributed by atoms with Crippen molar-refractivity contribution in [1.29, 1.82) is 5.26 Å². The molecular weight excluding hydrogens is 384 g/mol. The van der Waals surface area contributed by atoms with Gasteiger partial charge in [-0.25, -0.2) is 0 Å². The second-order valence-electron chi connectivity index (χ2n) is 5.27. The van der Waals surface area contributed by atoms with Gasteiger partial charge in [0.25, 0.3) is 5.91 Å². The van der Waals surface area contributed by atoms with Gasteiger partial charge in [0.1, 0.15) is 6.04 Å². The number of amides is 1. The zero-order valence-electron chi connectivity index (χ0n) is 13.2. The van der Waals surface area contributed by atoms with E-state index in [9.17, 15) is 4.79 Å². The standard InChI is InChI=1S/C17H13BrN6O/c1-11(17(25)20-13-6-4-5-12(9-13)10-19)24-22-16(21-23-24)14-7-2-3-8-15(14)18/h2-9,11H,1H3,(H,20,25)/t11-/m0/s1. The van der Waals surface area contributed by atoms with Crippen LogP contribution in [0.2, 0.25) is 0 Å². The molecule has 0 radical (unpaired) electrons. The van der Waals surface area contributed by atoms with Crippen molar-refractivity contribution in [3.63, 3.8) is 0 Å². The normalized spacial score (nSPS) is 11.6. The molecule has 1 heterocycles. The molecule has 3 rings (SSSR count). The SMILES string of the molecule is C[C@@H](C(=O)Nc1cccc(C#N)c1)n1nnc(-c2ccccc2Br)n1. The van der Waals surface area contributed by atoms with Gasteiger partial charge in [0.2, 0.25) is 5.82 Å². The second-order valence-corrected chi connectivity index (χ2v) is 6.13. The minimum absolute atomic E-state index is 0.300. The van der Waals surface area contributed by atoms with E-state index in [2.05, 4.69) is 36.7 Å². The van der Waals surface area contributed by atoms with Crippen LogP contribution in [0.3, 0.4) is 0 Å². The topological polar surface area (TPSA) is 96.5 Å². The number of nitrogens with one attached hydrogen (secondary N) is 1. The van der Waals surface area contributed by atoms with Crippen LogP contribution in [0.4, 0.5) is 5.69 Å². The van der Waals surface area contributed by atoms with Crippen molar-refractivity contribution in [1.82, 2.24) is 20.2 Å². The Morgan fingerprint density at radius 1 is 1.28 bits per heavy atom. The highest BCUT2D eigenvalue weighted by Gasteiger charge is 2.19. The second kappa shape index (κ2) is 7.23. The van der Waals surface area contributed by atoms with Crippen LogP contribution in [0.25, 0.3) is 11.4 Å². The predicted molar refractivity (Wildman–Crippen MR) is 95.5 cm³/mol. The van der Waals surface area contributed by atoms with E-state index in [1.165, 1.54) is 4.80 Å². The molecule has 124 valence electrons. The van der Waals surface area contributed by atoms with Crippen LogP contribution in [0.1, 0.15) is 18.5 Å². The Morgan fingerprint density at radius 2 is 2.08 bits per heavy atom. The summed E-state index contributed by atoms with van der Waals surface area (Å²) in [6.45, 7) is 1.68. The van der Waals surface area contributed by atoms with Gasteiger partial charge in [-0.3, -0.25) is 4.79 Å². The van der Waals surface area contributed by atoms with E-state index in [-0.39, 0.29) is 5.91 Å². The Bertz CT molecular complexity index is 962. The number of halogens is 1. The van der Waals surface area contributed by atoms with Crippen LogP contribution in [-0.2, 0) is 4.79 Å². The lowest BCUT2D eigenvalue weighted by molar-refractivity contribution is -0.119. The van der Waals surface area contributed by atoms with E-state index < -0.39 is 6.04 Å². The van der Waals surface area contributed by atoms with Crippen LogP contribution in [0.5, 0.6) is 0 Å². The molecule has 0 aliphatic rings. The molecule has 0 unspecified atom stereocenters. The smallest absolute Gasteiger partial charge is 0.250 e. The molecule has 0 aliphatic heterocycles. The van der Waals surface area contributed by atoms with Gasteiger partial charge in [0, 0.05) is 15.7 Å². The number of aromatic nitrogens is 4. The van der Waals surface area contributed by atoms with E-state index in [0.717, 1.165) is 10.0 Å². The number of rotatable bonds is 4. The van der Waals surface area contributed by atoms with Gasteiger partial charge < -0.3 is 5.32 Å². The average molecular weight is 397 g/mol. The molecular formula is C17H13BrN6O. The molecule has 0 aliphatic carbocycles. The molecule has 1 amide bonds. The fraction of sp³-hybridized carbons (Fsp3) is 0.118. The fourth-order valence-electron chi connectivity index (χ4n) is 2.16. The Hall–Kier alpha value is -3.05. The van der Waals surface area contributed by atoms with Crippen LogP contribution < -0.4 is 5.32 Å². The first kappa shape index (κ1) is 16.8. The predicted octanol–water partition coefficient (Wildman–Crippen LogP) is 3.17. The number of anilines is 1. The maximum Gasteiger partial charge on any atom is 0.250 e. The lowest BCUT2D eigenvalue weighted by Gasteiger charge is -2.10. The number of carbonyl (C=O) groups excluding carboxylic acids is 1. The molecule has 7 nitrogen and oxygen atoms in total. The summed E-state index contributed by atoms with van der Waals surface area (Å²) in [7, 11) is 0. The minimum Gasteiger partial charge on any atom is -0.324 e. The molecule has 1 atom stereocenters. The summed E-state index contributed by atoms with van der Waals surface area (Å²) < 4.78 is 0.847. The zero-order valence-corrected chi connectivity index (χ0v) is 14.8. The number of hydrogen-bond donors (Lipinski definition) is 1. The van der Waals surface area contributed by atoms with E-state index in [1.54, 1.807) is 31.2 Å². The summed E-state index contributed by atoms with van der Waals surface area (Å²) in [5.41, 5.74) is 1.81. The van der Waals surface area contributed by atoms with Gasteiger partial charge in [-0.15, -0.1) is 10.2 Å². The molecule has 25 heavy (non-hydrogen) atoms. The van der Waals surface area contributed by atoms with Crippen LogP contribution in [-0.4, -0.2) is 26.1 Å². The lowest BCUT2D eigenvalue weighted by atomic mass is 10.2. The number of carbonyl (C=O) groups is 1. The Kier molecular flexibility index (Phi) is 4.86. The summed E-state index contributed by atoms with van der Waals surface area (Å²) in [5, 5.41) is 23.9. The largest absolute Gasteiger partial charge is 0.324 e. The monoisotopic (exact) mass is 396 g/mol. The molecule has 1 aromatic heterocycles. The summed E-state index contributed by atoms with van der Waals surface area (Å²) in [6, 6.07) is 15.6. The third-order valence-corrected chi connectivity index (χ3v) is 4.22. The van der Waals surface area contributed by atoms with Crippen molar-refractivity contribution in [3.8, 4) is 17.5 Å². The first-order valence-corrected chi connectivity index (χ1v) is 8.23. The van der Waals surface area contributed by atoms with Crippen molar-refractivity contribution < 1.29 is 4.79 Å².